The molecule has 1 aliphatic rings. The predicted molar refractivity (Wildman–Crippen MR) is 77.3 cm³/mol. The van der Waals surface area contributed by atoms with Crippen LogP contribution in [0, 0.1) is 11.7 Å². The van der Waals surface area contributed by atoms with Crippen LogP contribution < -0.4 is 5.32 Å². The molecule has 0 amide bonds. The number of hydrogen-bond donors (Lipinski definition) is 1. The topological polar surface area (TPSA) is 12.0 Å². The van der Waals surface area contributed by atoms with E-state index in [-0.39, 0.29) is 16.8 Å². The molecule has 1 N–H and O–H groups in total. The third-order valence-corrected chi connectivity index (χ3v) is 4.49. The van der Waals surface area contributed by atoms with Gasteiger partial charge in [-0.05, 0) is 62.8 Å². The first kappa shape index (κ1) is 14.0. The molecular weight excluding hydrogens is 293 g/mol. The molecule has 1 saturated carbocycles. The van der Waals surface area contributed by atoms with Crippen molar-refractivity contribution in [2.75, 3.05) is 6.54 Å². The van der Waals surface area contributed by atoms with Gasteiger partial charge in [-0.25, -0.2) is 4.39 Å². The molecule has 0 saturated heterocycles. The molecule has 3 heteroatoms. The maximum atomic E-state index is 13.1. The van der Waals surface area contributed by atoms with E-state index in [1.165, 1.54) is 12.0 Å². The van der Waals surface area contributed by atoms with Crippen molar-refractivity contribution in [1.29, 1.82) is 0 Å². The smallest absolute Gasteiger partial charge is 0.124 e. The van der Waals surface area contributed by atoms with E-state index >= 15 is 0 Å². The first-order valence-corrected chi connectivity index (χ1v) is 7.22. The summed E-state index contributed by atoms with van der Waals surface area (Å²) >= 11 is 3.48. The minimum atomic E-state index is -0.181. The molecule has 1 aromatic carbocycles. The lowest BCUT2D eigenvalue weighted by Gasteiger charge is -2.22. The Morgan fingerprint density at radius 1 is 1.44 bits per heavy atom. The van der Waals surface area contributed by atoms with Crippen LogP contribution in [0.1, 0.15) is 39.7 Å². The number of hydrogen-bond acceptors (Lipinski definition) is 1. The minimum Gasteiger partial charge on any atom is -0.312 e. The van der Waals surface area contributed by atoms with Gasteiger partial charge in [0.2, 0.25) is 0 Å². The van der Waals surface area contributed by atoms with E-state index < -0.39 is 0 Å². The Bertz CT molecular complexity index is 452. The monoisotopic (exact) mass is 313 g/mol. The van der Waals surface area contributed by atoms with Crippen LogP contribution in [0.2, 0.25) is 0 Å². The lowest BCUT2D eigenvalue weighted by atomic mass is 9.95. The van der Waals surface area contributed by atoms with Crippen LogP contribution in [-0.2, 0) is 5.41 Å². The molecule has 0 radical (unpaired) electrons. The Hall–Kier alpha value is -0.410. The lowest BCUT2D eigenvalue weighted by molar-refractivity contribution is 0.406. The van der Waals surface area contributed by atoms with E-state index in [2.05, 4.69) is 48.9 Å². The van der Waals surface area contributed by atoms with Crippen LogP contribution in [0.3, 0.4) is 0 Å². The van der Waals surface area contributed by atoms with E-state index in [4.69, 9.17) is 0 Å². The summed E-state index contributed by atoms with van der Waals surface area (Å²) in [4.78, 5) is 0. The van der Waals surface area contributed by atoms with Crippen molar-refractivity contribution < 1.29 is 4.39 Å². The van der Waals surface area contributed by atoms with E-state index in [0.29, 0.717) is 5.92 Å². The highest BCUT2D eigenvalue weighted by molar-refractivity contribution is 9.10. The average molecular weight is 314 g/mol. The zero-order valence-electron chi connectivity index (χ0n) is 11.5. The molecule has 0 spiro atoms. The summed E-state index contributed by atoms with van der Waals surface area (Å²) < 4.78 is 14.0. The lowest BCUT2D eigenvalue weighted by Crippen LogP contribution is -2.37. The van der Waals surface area contributed by atoms with Gasteiger partial charge in [0.05, 0.1) is 0 Å². The van der Waals surface area contributed by atoms with E-state index in [1.54, 1.807) is 12.1 Å². The van der Waals surface area contributed by atoms with Gasteiger partial charge in [0.15, 0.2) is 0 Å². The van der Waals surface area contributed by atoms with Crippen LogP contribution in [-0.4, -0.2) is 12.1 Å². The predicted octanol–water partition coefficient (Wildman–Crippen LogP) is 4.25. The number of nitrogens with one attached hydrogen (secondary N) is 1. The number of benzene rings is 1. The van der Waals surface area contributed by atoms with Crippen molar-refractivity contribution >= 4 is 15.9 Å². The Balaban J connectivity index is 2.06. The summed E-state index contributed by atoms with van der Waals surface area (Å²) in [5, 5.41) is 3.55. The van der Waals surface area contributed by atoms with Crippen molar-refractivity contribution in [2.24, 2.45) is 5.92 Å². The van der Waals surface area contributed by atoms with E-state index in [1.807, 2.05) is 6.07 Å². The van der Waals surface area contributed by atoms with Crippen LogP contribution >= 0.6 is 15.9 Å². The van der Waals surface area contributed by atoms with Gasteiger partial charge in [-0.15, -0.1) is 0 Å². The van der Waals surface area contributed by atoms with Gasteiger partial charge in [-0.1, -0.05) is 28.9 Å². The molecule has 2 unspecified atom stereocenters. The second-order valence-corrected chi connectivity index (χ2v) is 7.43. The minimum absolute atomic E-state index is 0.156. The molecule has 100 valence electrons. The van der Waals surface area contributed by atoms with Crippen molar-refractivity contribution in [3.05, 3.63) is 34.1 Å². The third kappa shape index (κ3) is 2.94. The van der Waals surface area contributed by atoms with Crippen LogP contribution in [0.5, 0.6) is 0 Å². The molecule has 0 aromatic heterocycles. The Morgan fingerprint density at radius 3 is 2.67 bits per heavy atom. The van der Waals surface area contributed by atoms with Crippen molar-refractivity contribution in [2.45, 2.75) is 45.1 Å². The van der Waals surface area contributed by atoms with E-state index in [9.17, 15) is 4.39 Å². The highest BCUT2D eigenvalue weighted by Crippen LogP contribution is 2.55. The zero-order valence-corrected chi connectivity index (χ0v) is 13.1. The molecular formula is C15H21BrFN. The highest BCUT2D eigenvalue weighted by atomic mass is 79.9. The van der Waals surface area contributed by atoms with Gasteiger partial charge < -0.3 is 5.32 Å². The zero-order chi connectivity index (χ0) is 13.6. The van der Waals surface area contributed by atoms with Crippen molar-refractivity contribution in [1.82, 2.24) is 5.32 Å². The maximum Gasteiger partial charge on any atom is 0.124 e. The van der Waals surface area contributed by atoms with Gasteiger partial charge >= 0.3 is 0 Å². The molecule has 0 bridgehead atoms. The molecule has 2 atom stereocenters. The average Bonchev–Trinajstić information content (AvgIpc) is 2.86. The summed E-state index contributed by atoms with van der Waals surface area (Å²) in [6.45, 7) is 9.82. The Labute approximate surface area is 117 Å². The van der Waals surface area contributed by atoms with Gasteiger partial charge in [0, 0.05) is 10.0 Å². The SMILES string of the molecule is CC(C)(C)NCC1CC1(C)c1ccc(F)cc1Br. The fourth-order valence-electron chi connectivity index (χ4n) is 2.46. The van der Waals surface area contributed by atoms with Crippen LogP contribution in [0.4, 0.5) is 4.39 Å². The number of rotatable bonds is 3. The molecule has 1 fully saturated rings. The Morgan fingerprint density at radius 2 is 2.11 bits per heavy atom. The molecule has 18 heavy (non-hydrogen) atoms. The summed E-state index contributed by atoms with van der Waals surface area (Å²) in [6, 6.07) is 5.03. The van der Waals surface area contributed by atoms with E-state index in [0.717, 1.165) is 11.0 Å². The fraction of sp³-hybridized carbons (Fsp3) is 0.600. The highest BCUT2D eigenvalue weighted by Gasteiger charge is 2.51. The molecule has 0 heterocycles. The van der Waals surface area contributed by atoms with Crippen molar-refractivity contribution in [3.8, 4) is 0 Å². The largest absolute Gasteiger partial charge is 0.312 e. The normalized spacial score (nSPS) is 27.3. The summed E-state index contributed by atoms with van der Waals surface area (Å²) in [5.74, 6) is 0.456. The van der Waals surface area contributed by atoms with Crippen LogP contribution in [0.25, 0.3) is 0 Å². The fourth-order valence-corrected chi connectivity index (χ4v) is 3.27. The van der Waals surface area contributed by atoms with Gasteiger partial charge in [-0.2, -0.15) is 0 Å². The van der Waals surface area contributed by atoms with Gasteiger partial charge in [0.25, 0.3) is 0 Å². The molecule has 1 aromatic rings. The molecule has 0 aliphatic heterocycles. The first-order valence-electron chi connectivity index (χ1n) is 6.43. The molecule has 1 aliphatic carbocycles. The quantitative estimate of drug-likeness (QED) is 0.879. The van der Waals surface area contributed by atoms with Crippen molar-refractivity contribution in [3.63, 3.8) is 0 Å². The second-order valence-electron chi connectivity index (χ2n) is 6.57. The van der Waals surface area contributed by atoms with Crippen LogP contribution in [0.15, 0.2) is 22.7 Å². The van der Waals surface area contributed by atoms with Gasteiger partial charge in [0.1, 0.15) is 5.82 Å². The first-order chi connectivity index (χ1) is 8.22. The summed E-state index contributed by atoms with van der Waals surface area (Å²) in [5.41, 5.74) is 1.57. The second kappa shape index (κ2) is 4.61. The molecule has 1 nitrogen and oxygen atoms in total. The van der Waals surface area contributed by atoms with Gasteiger partial charge in [-0.3, -0.25) is 0 Å². The molecule has 2 rings (SSSR count). The maximum absolute atomic E-state index is 13.1. The number of halogens is 2. The Kier molecular flexibility index (Phi) is 3.58. The summed E-state index contributed by atoms with van der Waals surface area (Å²) in [7, 11) is 0. The third-order valence-electron chi connectivity index (χ3n) is 3.84. The standard InChI is InChI=1S/C15H21BrFN/c1-14(2,3)18-9-10-8-15(10,4)12-6-5-11(17)7-13(12)16/h5-7,10,18H,8-9H2,1-4H3. The summed E-state index contributed by atoms with van der Waals surface area (Å²) in [6.07, 6.45) is 1.17.